The Morgan fingerprint density at radius 1 is 1.29 bits per heavy atom. The Kier molecular flexibility index (Phi) is 2.64. The van der Waals surface area contributed by atoms with E-state index in [1.54, 1.807) is 6.20 Å². The highest BCUT2D eigenvalue weighted by Gasteiger charge is 2.28. The maximum Gasteiger partial charge on any atom is 0.265 e. The van der Waals surface area contributed by atoms with Crippen molar-refractivity contribution in [1.29, 1.82) is 0 Å². The van der Waals surface area contributed by atoms with E-state index in [2.05, 4.69) is 15.5 Å². The Morgan fingerprint density at radius 2 is 2.19 bits per heavy atom. The summed E-state index contributed by atoms with van der Waals surface area (Å²) >= 11 is 0. The number of nitrogens with zero attached hydrogens (tertiary/aromatic N) is 1. The van der Waals surface area contributed by atoms with E-state index in [0.29, 0.717) is 6.42 Å². The summed E-state index contributed by atoms with van der Waals surface area (Å²) in [6.45, 7) is 0. The van der Waals surface area contributed by atoms with E-state index in [1.807, 2.05) is 42.5 Å². The van der Waals surface area contributed by atoms with E-state index in [-0.39, 0.29) is 5.91 Å². The largest absolute Gasteiger partial charge is 0.480 e. The summed E-state index contributed by atoms with van der Waals surface area (Å²) in [5.41, 5.74) is 2.70. The Hall–Kier alpha value is -2.82. The van der Waals surface area contributed by atoms with Crippen LogP contribution in [-0.4, -0.2) is 22.2 Å². The van der Waals surface area contributed by atoms with Gasteiger partial charge in [-0.1, -0.05) is 18.2 Å². The molecule has 1 amide bonds. The van der Waals surface area contributed by atoms with Crippen LogP contribution in [0.25, 0.3) is 10.9 Å². The molecule has 0 fully saturated rings. The number of ether oxygens (including phenoxy) is 1. The second kappa shape index (κ2) is 4.63. The van der Waals surface area contributed by atoms with Crippen LogP contribution in [0.3, 0.4) is 0 Å². The van der Waals surface area contributed by atoms with Crippen LogP contribution in [0.15, 0.2) is 48.7 Å². The van der Waals surface area contributed by atoms with Crippen LogP contribution in [0.2, 0.25) is 0 Å². The molecular weight excluding hydrogens is 266 g/mol. The van der Waals surface area contributed by atoms with Crippen molar-refractivity contribution >= 4 is 22.5 Å². The Labute approximate surface area is 120 Å². The van der Waals surface area contributed by atoms with Crippen LogP contribution >= 0.6 is 0 Å². The van der Waals surface area contributed by atoms with Crippen molar-refractivity contribution in [2.45, 2.75) is 12.5 Å². The molecule has 1 unspecified atom stereocenters. The van der Waals surface area contributed by atoms with Gasteiger partial charge in [0, 0.05) is 17.5 Å². The molecule has 5 nitrogen and oxygen atoms in total. The summed E-state index contributed by atoms with van der Waals surface area (Å²) < 4.78 is 5.68. The average Bonchev–Trinajstić information content (AvgIpc) is 3.13. The number of hydrogen-bond donors (Lipinski definition) is 2. The predicted octanol–water partition coefficient (Wildman–Crippen LogP) is 2.51. The van der Waals surface area contributed by atoms with Crippen molar-refractivity contribution in [3.8, 4) is 5.75 Å². The molecule has 1 aromatic heterocycles. The number of aromatic amines is 1. The first-order chi connectivity index (χ1) is 10.3. The van der Waals surface area contributed by atoms with Gasteiger partial charge in [-0.15, -0.1) is 0 Å². The zero-order valence-corrected chi connectivity index (χ0v) is 11.2. The maximum atomic E-state index is 12.3. The summed E-state index contributed by atoms with van der Waals surface area (Å²) in [4.78, 5) is 12.3. The number of hydrogen-bond acceptors (Lipinski definition) is 3. The summed E-state index contributed by atoms with van der Waals surface area (Å²) in [6, 6.07) is 13.4. The molecule has 2 heterocycles. The van der Waals surface area contributed by atoms with Crippen LogP contribution in [0.5, 0.6) is 5.75 Å². The lowest BCUT2D eigenvalue weighted by molar-refractivity contribution is -0.122. The normalized spacial score (nSPS) is 16.5. The molecule has 1 aliphatic rings. The van der Waals surface area contributed by atoms with Gasteiger partial charge in [-0.25, -0.2) is 0 Å². The Bertz CT molecular complexity index is 800. The molecule has 1 atom stereocenters. The molecule has 1 aliphatic heterocycles. The Balaban J connectivity index is 1.51. The van der Waals surface area contributed by atoms with Crippen LogP contribution in [0.1, 0.15) is 5.56 Å². The van der Waals surface area contributed by atoms with Gasteiger partial charge < -0.3 is 10.1 Å². The molecule has 2 N–H and O–H groups in total. The molecule has 5 heteroatoms. The number of aromatic nitrogens is 2. The molecule has 0 saturated heterocycles. The molecule has 0 bridgehead atoms. The highest BCUT2D eigenvalue weighted by atomic mass is 16.5. The lowest BCUT2D eigenvalue weighted by atomic mass is 10.1. The van der Waals surface area contributed by atoms with Gasteiger partial charge in [-0.3, -0.25) is 9.89 Å². The minimum Gasteiger partial charge on any atom is -0.480 e. The molecule has 0 aliphatic carbocycles. The van der Waals surface area contributed by atoms with Crippen LogP contribution < -0.4 is 10.1 Å². The third-order valence-electron chi connectivity index (χ3n) is 3.65. The van der Waals surface area contributed by atoms with Gasteiger partial charge in [0.05, 0.1) is 11.7 Å². The number of para-hydroxylation sites is 1. The van der Waals surface area contributed by atoms with E-state index in [9.17, 15) is 4.79 Å². The first-order valence-corrected chi connectivity index (χ1v) is 6.78. The van der Waals surface area contributed by atoms with Gasteiger partial charge in [0.1, 0.15) is 5.75 Å². The quantitative estimate of drug-likeness (QED) is 0.757. The van der Waals surface area contributed by atoms with Gasteiger partial charge in [0.2, 0.25) is 0 Å². The van der Waals surface area contributed by atoms with Crippen LogP contribution in [0.4, 0.5) is 5.69 Å². The number of rotatable bonds is 2. The maximum absolute atomic E-state index is 12.3. The number of H-pyrrole nitrogens is 1. The Morgan fingerprint density at radius 3 is 3.10 bits per heavy atom. The fraction of sp³-hybridized carbons (Fsp3) is 0.125. The second-order valence-electron chi connectivity index (χ2n) is 5.08. The highest BCUT2D eigenvalue weighted by Crippen LogP contribution is 2.28. The van der Waals surface area contributed by atoms with E-state index in [4.69, 9.17) is 4.74 Å². The van der Waals surface area contributed by atoms with Gasteiger partial charge in [0.25, 0.3) is 5.91 Å². The molecule has 0 spiro atoms. The second-order valence-corrected chi connectivity index (χ2v) is 5.08. The van der Waals surface area contributed by atoms with E-state index >= 15 is 0 Å². The standard InChI is InChI=1S/C16H13N3O2/c20-16(15-7-10-3-1-2-4-14(10)21-15)18-12-6-5-11-9-17-19-13(11)8-12/h1-6,8-9,15H,7H2,(H,17,19)(H,18,20). The molecular formula is C16H13N3O2. The zero-order valence-electron chi connectivity index (χ0n) is 11.2. The lowest BCUT2D eigenvalue weighted by Crippen LogP contribution is -2.31. The lowest BCUT2D eigenvalue weighted by Gasteiger charge is -2.11. The van der Waals surface area contributed by atoms with Crippen molar-refractivity contribution < 1.29 is 9.53 Å². The van der Waals surface area contributed by atoms with Crippen molar-refractivity contribution in [3.63, 3.8) is 0 Å². The number of benzene rings is 2. The minimum absolute atomic E-state index is 0.134. The predicted molar refractivity (Wildman–Crippen MR) is 79.3 cm³/mol. The summed E-state index contributed by atoms with van der Waals surface area (Å²) in [5.74, 6) is 0.659. The first-order valence-electron chi connectivity index (χ1n) is 6.78. The molecule has 3 aromatic rings. The fourth-order valence-electron chi connectivity index (χ4n) is 2.57. The number of carbonyl (C=O) groups excluding carboxylic acids is 1. The summed E-state index contributed by atoms with van der Waals surface area (Å²) in [5, 5.41) is 10.7. The minimum atomic E-state index is -0.472. The van der Waals surface area contributed by atoms with Crippen LogP contribution in [-0.2, 0) is 11.2 Å². The van der Waals surface area contributed by atoms with E-state index < -0.39 is 6.10 Å². The zero-order chi connectivity index (χ0) is 14.2. The SMILES string of the molecule is O=C(Nc1ccc2cn[nH]c2c1)C1Cc2ccccc2O1. The number of fused-ring (bicyclic) bond motifs is 2. The van der Waals surface area contributed by atoms with E-state index in [1.165, 1.54) is 0 Å². The van der Waals surface area contributed by atoms with E-state index in [0.717, 1.165) is 27.9 Å². The smallest absolute Gasteiger partial charge is 0.265 e. The summed E-state index contributed by atoms with van der Waals surface area (Å²) in [6.07, 6.45) is 1.88. The van der Waals surface area contributed by atoms with Crippen molar-refractivity contribution in [1.82, 2.24) is 10.2 Å². The number of amides is 1. The number of carbonyl (C=O) groups is 1. The highest BCUT2D eigenvalue weighted by molar-refractivity contribution is 5.96. The third-order valence-corrected chi connectivity index (χ3v) is 3.65. The van der Waals surface area contributed by atoms with Gasteiger partial charge in [0.15, 0.2) is 6.10 Å². The molecule has 4 rings (SSSR count). The first kappa shape index (κ1) is 12.0. The molecule has 21 heavy (non-hydrogen) atoms. The van der Waals surface area contributed by atoms with Gasteiger partial charge >= 0.3 is 0 Å². The topological polar surface area (TPSA) is 67.0 Å². The molecule has 0 saturated carbocycles. The number of anilines is 1. The molecule has 0 radical (unpaired) electrons. The van der Waals surface area contributed by atoms with Gasteiger partial charge in [-0.2, -0.15) is 5.10 Å². The molecule has 104 valence electrons. The van der Waals surface area contributed by atoms with Crippen LogP contribution in [0, 0.1) is 0 Å². The number of nitrogens with one attached hydrogen (secondary N) is 2. The molecule has 2 aromatic carbocycles. The monoisotopic (exact) mass is 279 g/mol. The van der Waals surface area contributed by atoms with Gasteiger partial charge in [-0.05, 0) is 29.8 Å². The fourth-order valence-corrected chi connectivity index (χ4v) is 2.57. The van der Waals surface area contributed by atoms with Crippen molar-refractivity contribution in [3.05, 3.63) is 54.2 Å². The average molecular weight is 279 g/mol. The summed E-state index contributed by atoms with van der Waals surface area (Å²) in [7, 11) is 0. The van der Waals surface area contributed by atoms with Crippen molar-refractivity contribution in [2.24, 2.45) is 0 Å². The van der Waals surface area contributed by atoms with Crippen molar-refractivity contribution in [2.75, 3.05) is 5.32 Å². The third kappa shape index (κ3) is 2.12.